The molecule has 0 heterocycles. The third-order valence-corrected chi connectivity index (χ3v) is 6.56. The van der Waals surface area contributed by atoms with Gasteiger partial charge in [0.1, 0.15) is 35.5 Å². The van der Waals surface area contributed by atoms with Gasteiger partial charge in [-0.05, 0) is 104 Å². The summed E-state index contributed by atoms with van der Waals surface area (Å²) < 4.78 is 21.6. The molecular formula is C38H55N5O9. The van der Waals surface area contributed by atoms with Crippen LogP contribution in [-0.2, 0) is 41.6 Å². The normalized spacial score (nSPS) is 12.8. The molecule has 14 heteroatoms. The second kappa shape index (κ2) is 18.9. The highest BCUT2D eigenvalue weighted by Crippen LogP contribution is 2.18. The number of hydrogen-bond donors (Lipinski definition) is 4. The van der Waals surface area contributed by atoms with Crippen molar-refractivity contribution in [3.05, 3.63) is 65.7 Å². The van der Waals surface area contributed by atoms with Crippen molar-refractivity contribution >= 4 is 41.8 Å². The number of guanidine groups is 1. The van der Waals surface area contributed by atoms with E-state index in [9.17, 15) is 24.0 Å². The number of nitrogens with zero attached hydrogens (tertiary/aromatic N) is 1. The maximum Gasteiger partial charge on any atom is 0.414 e. The largest absolute Gasteiger partial charge is 0.459 e. The van der Waals surface area contributed by atoms with Crippen LogP contribution in [0.5, 0.6) is 0 Å². The lowest BCUT2D eigenvalue weighted by Gasteiger charge is -2.27. The van der Waals surface area contributed by atoms with Crippen LogP contribution in [0.25, 0.3) is 0 Å². The van der Waals surface area contributed by atoms with Crippen LogP contribution >= 0.6 is 0 Å². The molecule has 14 nitrogen and oxygen atoms in total. The molecule has 0 aliphatic carbocycles. The summed E-state index contributed by atoms with van der Waals surface area (Å²) in [7, 11) is 0. The van der Waals surface area contributed by atoms with Gasteiger partial charge < -0.3 is 29.6 Å². The first-order valence-corrected chi connectivity index (χ1v) is 17.2. The van der Waals surface area contributed by atoms with Crippen molar-refractivity contribution in [1.29, 1.82) is 0 Å². The van der Waals surface area contributed by atoms with Crippen molar-refractivity contribution in [2.45, 2.75) is 124 Å². The molecule has 0 aliphatic rings. The van der Waals surface area contributed by atoms with Crippen molar-refractivity contribution in [3.8, 4) is 0 Å². The molecular weight excluding hydrogens is 670 g/mol. The van der Waals surface area contributed by atoms with Gasteiger partial charge in [-0.25, -0.2) is 24.2 Å². The minimum absolute atomic E-state index is 0.00190. The standard InChI is InChI=1S/C38H55N5O9/c1-24(2)29(41-33(46)50-36(3,4)5)30(44)40-28(31(45)49-23-26-16-13-12-14-17-26)21-20-25-18-15-19-27(22-25)39-32(42-34(47)51-37(6,7)8)43-35(48)52-38(9,10)11/h12-19,22,24,28-29H,20-21,23H2,1-11H3,(H,40,44)(H,41,46)(H2,39,42,43,47,48)/t28?,29-/m0/s1. The first-order valence-electron chi connectivity index (χ1n) is 17.2. The van der Waals surface area contributed by atoms with Crippen LogP contribution in [0.2, 0.25) is 0 Å². The van der Waals surface area contributed by atoms with E-state index in [1.54, 1.807) is 100 Å². The third kappa shape index (κ3) is 17.7. The molecule has 0 aliphatic heterocycles. The monoisotopic (exact) mass is 725 g/mol. The average molecular weight is 726 g/mol. The lowest BCUT2D eigenvalue weighted by Crippen LogP contribution is -2.54. The first kappa shape index (κ1) is 43.0. The van der Waals surface area contributed by atoms with E-state index in [-0.39, 0.29) is 31.3 Å². The zero-order valence-corrected chi connectivity index (χ0v) is 32.2. The lowest BCUT2D eigenvalue weighted by atomic mass is 10.0. The van der Waals surface area contributed by atoms with Crippen molar-refractivity contribution in [3.63, 3.8) is 0 Å². The Bertz CT molecular complexity index is 1520. The molecule has 1 unspecified atom stereocenters. The maximum atomic E-state index is 13.5. The number of amides is 4. The molecule has 2 aromatic rings. The van der Waals surface area contributed by atoms with Gasteiger partial charge in [-0.15, -0.1) is 0 Å². The van der Waals surface area contributed by atoms with Crippen LogP contribution in [0, 0.1) is 5.92 Å². The van der Waals surface area contributed by atoms with E-state index in [4.69, 9.17) is 18.9 Å². The molecule has 4 amide bonds. The summed E-state index contributed by atoms with van der Waals surface area (Å²) in [5.41, 5.74) is -0.547. The van der Waals surface area contributed by atoms with Crippen LogP contribution in [0.1, 0.15) is 93.7 Å². The van der Waals surface area contributed by atoms with Gasteiger partial charge in [0.15, 0.2) is 0 Å². The molecule has 4 N–H and O–H groups in total. The predicted molar refractivity (Wildman–Crippen MR) is 197 cm³/mol. The number of carbonyl (C=O) groups excluding carboxylic acids is 5. The number of rotatable bonds is 11. The fraction of sp³-hybridized carbons (Fsp3) is 0.526. The van der Waals surface area contributed by atoms with Crippen LogP contribution in [0.4, 0.5) is 20.1 Å². The van der Waals surface area contributed by atoms with Gasteiger partial charge in [-0.1, -0.05) is 56.3 Å². The van der Waals surface area contributed by atoms with Gasteiger partial charge in [0.05, 0.1) is 5.69 Å². The second-order valence-corrected chi connectivity index (χ2v) is 15.4. The molecule has 0 saturated heterocycles. The number of nitrogens with one attached hydrogen (secondary N) is 4. The van der Waals surface area contributed by atoms with Crippen molar-refractivity contribution in [2.75, 3.05) is 0 Å². The third-order valence-electron chi connectivity index (χ3n) is 6.56. The summed E-state index contributed by atoms with van der Waals surface area (Å²) in [6, 6.07) is 13.9. The number of hydrogen-bond acceptors (Lipinski definition) is 10. The van der Waals surface area contributed by atoms with Gasteiger partial charge in [0.25, 0.3) is 0 Å². The SMILES string of the molecule is CC(C)[C@H](NC(=O)OC(C)(C)C)C(=O)NC(CCc1cccc(N=C(NC(=O)OC(C)(C)C)NC(=O)OC(C)(C)C)c1)C(=O)OCc1ccccc1. The highest BCUT2D eigenvalue weighted by molar-refractivity contribution is 6.02. The molecule has 0 saturated carbocycles. The first-order chi connectivity index (χ1) is 24.0. The fourth-order valence-electron chi connectivity index (χ4n) is 4.42. The minimum Gasteiger partial charge on any atom is -0.459 e. The molecule has 52 heavy (non-hydrogen) atoms. The Morgan fingerprint density at radius 1 is 0.673 bits per heavy atom. The van der Waals surface area contributed by atoms with Gasteiger partial charge in [0.2, 0.25) is 11.9 Å². The summed E-state index contributed by atoms with van der Waals surface area (Å²) in [6.45, 7) is 18.8. The molecule has 286 valence electrons. The van der Waals surface area contributed by atoms with E-state index in [2.05, 4.69) is 26.3 Å². The highest BCUT2D eigenvalue weighted by atomic mass is 16.6. The summed E-state index contributed by atoms with van der Waals surface area (Å²) in [4.78, 5) is 69.0. The van der Waals surface area contributed by atoms with E-state index in [0.717, 1.165) is 11.1 Å². The van der Waals surface area contributed by atoms with Gasteiger partial charge >= 0.3 is 24.2 Å². The Labute approximate surface area is 306 Å². The Hall–Kier alpha value is -5.14. The van der Waals surface area contributed by atoms with Crippen LogP contribution in [0.3, 0.4) is 0 Å². The van der Waals surface area contributed by atoms with Crippen LogP contribution < -0.4 is 21.3 Å². The average Bonchev–Trinajstić information content (AvgIpc) is 2.98. The van der Waals surface area contributed by atoms with E-state index in [1.165, 1.54) is 0 Å². The van der Waals surface area contributed by atoms with E-state index >= 15 is 0 Å². The van der Waals surface area contributed by atoms with Crippen LogP contribution in [0.15, 0.2) is 59.6 Å². The Morgan fingerprint density at radius 2 is 1.19 bits per heavy atom. The zero-order chi connectivity index (χ0) is 39.3. The molecule has 2 aromatic carbocycles. The molecule has 2 rings (SSSR count). The number of benzene rings is 2. The lowest BCUT2D eigenvalue weighted by molar-refractivity contribution is -0.149. The molecule has 0 bridgehead atoms. The number of aliphatic imine (C=N–C) groups is 1. The summed E-state index contributed by atoms with van der Waals surface area (Å²) >= 11 is 0. The molecule has 0 aromatic heterocycles. The maximum absolute atomic E-state index is 13.5. The number of esters is 1. The van der Waals surface area contributed by atoms with Crippen LogP contribution in [-0.4, -0.2) is 65.0 Å². The van der Waals surface area contributed by atoms with Gasteiger partial charge in [0, 0.05) is 0 Å². The summed E-state index contributed by atoms with van der Waals surface area (Å²) in [5, 5.41) is 10.3. The zero-order valence-electron chi connectivity index (χ0n) is 32.2. The Kier molecular flexibility index (Phi) is 15.6. The fourth-order valence-corrected chi connectivity index (χ4v) is 4.42. The second-order valence-electron chi connectivity index (χ2n) is 15.4. The molecule has 0 spiro atoms. The number of alkyl carbamates (subject to hydrolysis) is 3. The van der Waals surface area contributed by atoms with Gasteiger partial charge in [-0.3, -0.25) is 15.4 Å². The highest BCUT2D eigenvalue weighted by Gasteiger charge is 2.31. The molecule has 0 fully saturated rings. The van der Waals surface area contributed by atoms with E-state index in [0.29, 0.717) is 5.69 Å². The quantitative estimate of drug-likeness (QED) is 0.0878. The summed E-state index contributed by atoms with van der Waals surface area (Å²) in [5.74, 6) is -1.79. The number of carbonyl (C=O) groups is 5. The Morgan fingerprint density at radius 3 is 1.71 bits per heavy atom. The van der Waals surface area contributed by atoms with Crippen molar-refractivity contribution in [2.24, 2.45) is 10.9 Å². The smallest absolute Gasteiger partial charge is 0.414 e. The minimum atomic E-state index is -1.08. The van der Waals surface area contributed by atoms with E-state index < -0.39 is 59.0 Å². The van der Waals surface area contributed by atoms with Crippen molar-refractivity contribution in [1.82, 2.24) is 21.3 Å². The number of ether oxygens (including phenoxy) is 4. The van der Waals surface area contributed by atoms with Gasteiger partial charge in [-0.2, -0.15) is 0 Å². The van der Waals surface area contributed by atoms with Crippen molar-refractivity contribution < 1.29 is 42.9 Å². The predicted octanol–water partition coefficient (Wildman–Crippen LogP) is 6.43. The van der Waals surface area contributed by atoms with E-state index in [1.807, 2.05) is 30.3 Å². The molecule has 0 radical (unpaired) electrons. The number of aryl methyl sites for hydroxylation is 1. The topological polar surface area (TPSA) is 183 Å². The molecule has 2 atom stereocenters. The summed E-state index contributed by atoms with van der Waals surface area (Å²) in [6.07, 6.45) is -2.03. The Balaban J connectivity index is 2.33.